The Labute approximate surface area is 124 Å². The summed E-state index contributed by atoms with van der Waals surface area (Å²) in [6, 6.07) is 10.4. The highest BCUT2D eigenvalue weighted by atomic mass is 31.2. The van der Waals surface area contributed by atoms with Gasteiger partial charge in [0.05, 0.1) is 0 Å². The maximum atomic E-state index is 12.2. The van der Waals surface area contributed by atoms with Crippen LogP contribution in [-0.2, 0) is 4.57 Å². The lowest BCUT2D eigenvalue weighted by Gasteiger charge is -2.17. The molecule has 1 aromatic rings. The van der Waals surface area contributed by atoms with E-state index in [0.29, 0.717) is 24.2 Å². The van der Waals surface area contributed by atoms with Gasteiger partial charge in [0, 0.05) is 12.3 Å². The second kappa shape index (κ2) is 8.64. The van der Waals surface area contributed by atoms with Crippen LogP contribution in [0.3, 0.4) is 0 Å². The molecule has 0 bridgehead atoms. The molecule has 2 nitrogen and oxygen atoms in total. The normalized spacial score (nSPS) is 17.4. The molecule has 1 aromatic carbocycles. The molecule has 3 unspecified atom stereocenters. The predicted octanol–water partition coefficient (Wildman–Crippen LogP) is 5.28. The van der Waals surface area contributed by atoms with E-state index in [0.717, 1.165) is 25.7 Å². The lowest BCUT2D eigenvalue weighted by molar-refractivity contribution is 0.454. The maximum absolute atomic E-state index is 12.2. The first-order valence-corrected chi connectivity index (χ1v) is 9.83. The Balaban J connectivity index is 2.34. The first kappa shape index (κ1) is 17.5. The highest BCUT2D eigenvalue weighted by Crippen LogP contribution is 2.44. The Morgan fingerprint density at radius 2 is 1.80 bits per heavy atom. The van der Waals surface area contributed by atoms with Crippen LogP contribution < -0.4 is 0 Å². The van der Waals surface area contributed by atoms with Crippen LogP contribution in [-0.4, -0.2) is 17.2 Å². The fraction of sp³-hybridized carbons (Fsp3) is 0.647. The van der Waals surface area contributed by atoms with E-state index in [2.05, 4.69) is 45.0 Å². The van der Waals surface area contributed by atoms with E-state index < -0.39 is 7.37 Å². The molecule has 0 aliphatic carbocycles. The molecule has 1 rings (SSSR count). The van der Waals surface area contributed by atoms with Crippen molar-refractivity contribution >= 4 is 7.37 Å². The molecule has 0 aromatic heterocycles. The highest BCUT2D eigenvalue weighted by Gasteiger charge is 2.21. The van der Waals surface area contributed by atoms with Crippen molar-refractivity contribution in [3.8, 4) is 0 Å². The minimum atomic E-state index is -2.93. The molecule has 0 heterocycles. The van der Waals surface area contributed by atoms with Gasteiger partial charge in [-0.15, -0.1) is 0 Å². The fourth-order valence-electron chi connectivity index (χ4n) is 2.76. The molecule has 0 fully saturated rings. The van der Waals surface area contributed by atoms with Gasteiger partial charge in [0.2, 0.25) is 7.37 Å². The number of hydrogen-bond donors (Lipinski definition) is 1. The van der Waals surface area contributed by atoms with Crippen LogP contribution in [0.4, 0.5) is 0 Å². The van der Waals surface area contributed by atoms with Gasteiger partial charge in [-0.3, -0.25) is 4.57 Å². The molecule has 114 valence electrons. The fourth-order valence-corrected chi connectivity index (χ4v) is 4.77. The topological polar surface area (TPSA) is 37.3 Å². The largest absolute Gasteiger partial charge is 0.344 e. The van der Waals surface area contributed by atoms with Gasteiger partial charge in [0.25, 0.3) is 0 Å². The van der Waals surface area contributed by atoms with Gasteiger partial charge in [-0.05, 0) is 30.2 Å². The van der Waals surface area contributed by atoms with E-state index in [1.807, 2.05) is 6.07 Å². The van der Waals surface area contributed by atoms with Gasteiger partial charge < -0.3 is 4.89 Å². The average molecular weight is 296 g/mol. The molecule has 1 N–H and O–H groups in total. The summed E-state index contributed by atoms with van der Waals surface area (Å²) >= 11 is 0. The van der Waals surface area contributed by atoms with Crippen LogP contribution in [0.15, 0.2) is 30.3 Å². The van der Waals surface area contributed by atoms with Crippen LogP contribution >= 0.6 is 7.37 Å². The van der Waals surface area contributed by atoms with Crippen molar-refractivity contribution < 1.29 is 9.46 Å². The number of benzene rings is 1. The molecule has 3 atom stereocenters. The Morgan fingerprint density at radius 1 is 1.15 bits per heavy atom. The van der Waals surface area contributed by atoms with Gasteiger partial charge in [-0.2, -0.15) is 0 Å². The smallest absolute Gasteiger partial charge is 0.200 e. The monoisotopic (exact) mass is 296 g/mol. The lowest BCUT2D eigenvalue weighted by atomic mass is 9.97. The summed E-state index contributed by atoms with van der Waals surface area (Å²) in [5.74, 6) is 0.826. The standard InChI is InChI=1S/C17H29O2P/c1-4-9-15(2)14-20(18,19)13-8-10-16(3)17-11-6-5-7-12-17/h5-7,11-12,15-16H,4,8-10,13-14H2,1-3H3,(H,18,19). The van der Waals surface area contributed by atoms with E-state index in [1.165, 1.54) is 5.56 Å². The zero-order valence-corrected chi connectivity index (χ0v) is 14.0. The van der Waals surface area contributed by atoms with Crippen molar-refractivity contribution in [2.75, 3.05) is 12.3 Å². The number of rotatable bonds is 9. The molecule has 0 saturated heterocycles. The minimum absolute atomic E-state index is 0.363. The predicted molar refractivity (Wildman–Crippen MR) is 87.7 cm³/mol. The third-order valence-corrected chi connectivity index (χ3v) is 6.10. The van der Waals surface area contributed by atoms with Crippen molar-refractivity contribution in [3.05, 3.63) is 35.9 Å². The summed E-state index contributed by atoms with van der Waals surface area (Å²) in [6.45, 7) is 6.40. The highest BCUT2D eigenvalue weighted by molar-refractivity contribution is 7.57. The van der Waals surface area contributed by atoms with Crippen molar-refractivity contribution in [1.82, 2.24) is 0 Å². The molecule has 0 aliphatic heterocycles. The molecule has 0 spiro atoms. The second-order valence-corrected chi connectivity index (χ2v) is 8.61. The maximum Gasteiger partial charge on any atom is 0.200 e. The summed E-state index contributed by atoms with van der Waals surface area (Å²) < 4.78 is 12.2. The summed E-state index contributed by atoms with van der Waals surface area (Å²) in [5.41, 5.74) is 1.32. The minimum Gasteiger partial charge on any atom is -0.344 e. The lowest BCUT2D eigenvalue weighted by Crippen LogP contribution is -2.05. The molecule has 0 amide bonds. The number of hydrogen-bond acceptors (Lipinski definition) is 1. The van der Waals surface area contributed by atoms with Crippen molar-refractivity contribution in [2.45, 2.75) is 52.4 Å². The van der Waals surface area contributed by atoms with Gasteiger partial charge in [0.15, 0.2) is 0 Å². The summed E-state index contributed by atoms with van der Waals surface area (Å²) in [4.78, 5) is 10.1. The van der Waals surface area contributed by atoms with E-state index in [4.69, 9.17) is 0 Å². The van der Waals surface area contributed by atoms with Crippen molar-refractivity contribution in [1.29, 1.82) is 0 Å². The quantitative estimate of drug-likeness (QED) is 0.630. The zero-order chi connectivity index (χ0) is 15.0. The Morgan fingerprint density at radius 3 is 2.40 bits per heavy atom. The molecule has 20 heavy (non-hydrogen) atoms. The van der Waals surface area contributed by atoms with Crippen LogP contribution in [0.25, 0.3) is 0 Å². The molecular weight excluding hydrogens is 267 g/mol. The first-order chi connectivity index (χ1) is 9.44. The van der Waals surface area contributed by atoms with E-state index in [1.54, 1.807) is 0 Å². The SMILES string of the molecule is CCCC(C)CP(=O)(O)CCCC(C)c1ccccc1. The van der Waals surface area contributed by atoms with E-state index >= 15 is 0 Å². The molecule has 0 aliphatic rings. The Bertz CT molecular complexity index is 416. The van der Waals surface area contributed by atoms with Gasteiger partial charge in [0.1, 0.15) is 0 Å². The molecule has 0 saturated carbocycles. The van der Waals surface area contributed by atoms with Crippen molar-refractivity contribution in [3.63, 3.8) is 0 Å². The third kappa shape index (κ3) is 6.72. The summed E-state index contributed by atoms with van der Waals surface area (Å²) in [6.07, 6.45) is 4.91. The van der Waals surface area contributed by atoms with Gasteiger partial charge >= 0.3 is 0 Å². The molecular formula is C17H29O2P. The zero-order valence-electron chi connectivity index (χ0n) is 13.1. The van der Waals surface area contributed by atoms with Crippen LogP contribution in [0, 0.1) is 5.92 Å². The van der Waals surface area contributed by atoms with Gasteiger partial charge in [-0.1, -0.05) is 63.9 Å². The van der Waals surface area contributed by atoms with Crippen LogP contribution in [0.5, 0.6) is 0 Å². The summed E-state index contributed by atoms with van der Waals surface area (Å²) in [5, 5.41) is 0. The average Bonchev–Trinajstić information content (AvgIpc) is 2.39. The van der Waals surface area contributed by atoms with E-state index in [9.17, 15) is 9.46 Å². The molecule has 3 heteroatoms. The van der Waals surface area contributed by atoms with Crippen molar-refractivity contribution in [2.24, 2.45) is 5.92 Å². The van der Waals surface area contributed by atoms with Gasteiger partial charge in [-0.25, -0.2) is 0 Å². The Kier molecular flexibility index (Phi) is 7.55. The first-order valence-electron chi connectivity index (χ1n) is 7.80. The Hall–Kier alpha value is -0.590. The van der Waals surface area contributed by atoms with E-state index in [-0.39, 0.29) is 0 Å². The van der Waals surface area contributed by atoms with Crippen LogP contribution in [0.1, 0.15) is 57.9 Å². The second-order valence-electron chi connectivity index (χ2n) is 6.10. The van der Waals surface area contributed by atoms with Crippen LogP contribution in [0.2, 0.25) is 0 Å². The third-order valence-electron chi connectivity index (χ3n) is 3.89. The summed E-state index contributed by atoms with van der Waals surface area (Å²) in [7, 11) is -2.93. The molecule has 0 radical (unpaired) electrons.